The Balaban J connectivity index is 2.00. The number of para-hydroxylation sites is 1. The van der Waals surface area contributed by atoms with E-state index < -0.39 is 0 Å². The van der Waals surface area contributed by atoms with Crippen LogP contribution in [-0.2, 0) is 6.54 Å². The highest BCUT2D eigenvalue weighted by Gasteiger charge is 2.06. The van der Waals surface area contributed by atoms with Crippen LogP contribution in [0.5, 0.6) is 0 Å². The number of benzene rings is 1. The minimum atomic E-state index is 0.855. The Bertz CT molecular complexity index is 583. The maximum absolute atomic E-state index is 5.44. The number of hydrogen-bond donors (Lipinski definition) is 1. The Morgan fingerprint density at radius 2 is 2.00 bits per heavy atom. The number of aryl methyl sites for hydroxylation is 2. The molecule has 0 saturated carbocycles. The summed E-state index contributed by atoms with van der Waals surface area (Å²) in [6.07, 6.45) is 7.34. The summed E-state index contributed by atoms with van der Waals surface area (Å²) in [6.45, 7) is 3.18. The van der Waals surface area contributed by atoms with Gasteiger partial charge in [0.1, 0.15) is 0 Å². The van der Waals surface area contributed by atoms with E-state index in [4.69, 9.17) is 12.2 Å². The van der Waals surface area contributed by atoms with Gasteiger partial charge in [0, 0.05) is 6.54 Å². The number of aromatic amines is 1. The smallest absolute Gasteiger partial charge is 0.178 e. The summed E-state index contributed by atoms with van der Waals surface area (Å²) in [5.74, 6) is 1.28. The first kappa shape index (κ1) is 14.7. The average molecular weight is 294 g/mol. The summed E-state index contributed by atoms with van der Waals surface area (Å²) in [5.41, 5.74) is 3.73. The van der Waals surface area contributed by atoms with E-state index in [9.17, 15) is 0 Å². The van der Waals surface area contributed by atoms with Crippen LogP contribution in [0.4, 0.5) is 0 Å². The van der Waals surface area contributed by atoms with Crippen molar-refractivity contribution in [3.8, 4) is 0 Å². The van der Waals surface area contributed by atoms with E-state index in [1.807, 2.05) is 11.8 Å². The number of imidazole rings is 1. The van der Waals surface area contributed by atoms with E-state index in [0.29, 0.717) is 0 Å². The first-order chi connectivity index (χ1) is 9.24. The molecular weight excluding hydrogens is 272 g/mol. The molecule has 4 heteroatoms. The van der Waals surface area contributed by atoms with Crippen LogP contribution in [0.2, 0.25) is 0 Å². The van der Waals surface area contributed by atoms with Crippen molar-refractivity contribution in [3.05, 3.63) is 28.5 Å². The average Bonchev–Trinajstić information content (AvgIpc) is 2.71. The zero-order valence-electron chi connectivity index (χ0n) is 11.7. The molecule has 1 aromatic heterocycles. The quantitative estimate of drug-likeness (QED) is 0.577. The Labute approximate surface area is 124 Å². The van der Waals surface area contributed by atoms with Crippen LogP contribution in [-0.4, -0.2) is 21.6 Å². The van der Waals surface area contributed by atoms with Crippen LogP contribution in [0.25, 0.3) is 11.0 Å². The fourth-order valence-electron chi connectivity index (χ4n) is 2.49. The number of nitrogens with one attached hydrogen (secondary N) is 1. The minimum Gasteiger partial charge on any atom is -0.331 e. The fourth-order valence-corrected chi connectivity index (χ4v) is 3.27. The third-order valence-corrected chi connectivity index (χ3v) is 4.49. The van der Waals surface area contributed by atoms with Gasteiger partial charge in [0.15, 0.2) is 4.77 Å². The second-order valence-electron chi connectivity index (χ2n) is 4.96. The molecule has 0 unspecified atom stereocenters. The molecule has 2 nitrogen and oxygen atoms in total. The van der Waals surface area contributed by atoms with Crippen molar-refractivity contribution in [2.75, 3.05) is 12.0 Å². The number of fused-ring (bicyclic) bond motifs is 1. The second kappa shape index (κ2) is 7.15. The van der Waals surface area contributed by atoms with Crippen LogP contribution in [0, 0.1) is 11.7 Å². The molecule has 0 radical (unpaired) electrons. The van der Waals surface area contributed by atoms with E-state index in [-0.39, 0.29) is 0 Å². The monoisotopic (exact) mass is 294 g/mol. The van der Waals surface area contributed by atoms with Crippen molar-refractivity contribution in [3.63, 3.8) is 0 Å². The summed E-state index contributed by atoms with van der Waals surface area (Å²) in [6, 6.07) is 6.34. The molecule has 0 spiro atoms. The Morgan fingerprint density at radius 3 is 2.79 bits per heavy atom. The molecule has 0 aliphatic heterocycles. The first-order valence-corrected chi connectivity index (χ1v) is 8.71. The Morgan fingerprint density at radius 1 is 1.21 bits per heavy atom. The van der Waals surface area contributed by atoms with E-state index in [1.165, 1.54) is 42.5 Å². The van der Waals surface area contributed by atoms with Gasteiger partial charge in [-0.2, -0.15) is 11.8 Å². The zero-order chi connectivity index (χ0) is 13.7. The molecule has 0 bridgehead atoms. The summed E-state index contributed by atoms with van der Waals surface area (Å²) >= 11 is 7.37. The summed E-state index contributed by atoms with van der Waals surface area (Å²) in [4.78, 5) is 3.30. The SMILES string of the molecule is CSCCCCCCn1c(=S)[nH]c2cccc(C)c21. The van der Waals surface area contributed by atoms with Gasteiger partial charge in [-0.15, -0.1) is 0 Å². The molecule has 0 fully saturated rings. The molecule has 19 heavy (non-hydrogen) atoms. The van der Waals surface area contributed by atoms with Crippen LogP contribution < -0.4 is 0 Å². The van der Waals surface area contributed by atoms with Crippen LogP contribution in [0.1, 0.15) is 31.2 Å². The predicted molar refractivity (Wildman–Crippen MR) is 88.7 cm³/mol. The number of rotatable bonds is 7. The predicted octanol–water partition coefficient (Wildman–Crippen LogP) is 4.93. The summed E-state index contributed by atoms with van der Waals surface area (Å²) < 4.78 is 3.11. The zero-order valence-corrected chi connectivity index (χ0v) is 13.4. The van der Waals surface area contributed by atoms with Gasteiger partial charge in [-0.25, -0.2) is 0 Å². The van der Waals surface area contributed by atoms with Crippen molar-refractivity contribution < 1.29 is 0 Å². The number of aromatic nitrogens is 2. The maximum atomic E-state index is 5.44. The van der Waals surface area contributed by atoms with E-state index in [0.717, 1.165) is 16.8 Å². The van der Waals surface area contributed by atoms with Gasteiger partial charge in [-0.1, -0.05) is 25.0 Å². The molecule has 0 amide bonds. The standard InChI is InChI=1S/C15H22N2S2/c1-12-8-7-9-13-14(12)17(15(18)16-13)10-5-3-4-6-11-19-2/h7-9H,3-6,10-11H2,1-2H3,(H,16,18). The molecule has 2 rings (SSSR count). The van der Waals surface area contributed by atoms with Crippen LogP contribution in [0.15, 0.2) is 18.2 Å². The lowest BCUT2D eigenvalue weighted by atomic mass is 10.2. The molecule has 0 aliphatic rings. The lowest BCUT2D eigenvalue weighted by molar-refractivity contribution is 0.588. The highest BCUT2D eigenvalue weighted by Crippen LogP contribution is 2.19. The Hall–Kier alpha value is -0.740. The van der Waals surface area contributed by atoms with Gasteiger partial charge in [-0.3, -0.25) is 0 Å². The van der Waals surface area contributed by atoms with Crippen LogP contribution in [0.3, 0.4) is 0 Å². The van der Waals surface area contributed by atoms with Gasteiger partial charge in [0.25, 0.3) is 0 Å². The number of unbranched alkanes of at least 4 members (excludes halogenated alkanes) is 3. The highest BCUT2D eigenvalue weighted by molar-refractivity contribution is 7.98. The molecule has 2 aromatic rings. The van der Waals surface area contributed by atoms with Crippen LogP contribution >= 0.6 is 24.0 Å². The molecule has 1 N–H and O–H groups in total. The molecule has 1 heterocycles. The van der Waals surface area contributed by atoms with Gasteiger partial charge in [-0.05, 0) is 55.6 Å². The number of H-pyrrole nitrogens is 1. The summed E-state index contributed by atoms with van der Waals surface area (Å²) in [7, 11) is 0. The maximum Gasteiger partial charge on any atom is 0.178 e. The van der Waals surface area contributed by atoms with E-state index >= 15 is 0 Å². The minimum absolute atomic E-state index is 0.855. The van der Waals surface area contributed by atoms with Gasteiger partial charge in [0.05, 0.1) is 11.0 Å². The normalized spacial score (nSPS) is 11.3. The fraction of sp³-hybridized carbons (Fsp3) is 0.533. The first-order valence-electron chi connectivity index (χ1n) is 6.91. The van der Waals surface area contributed by atoms with E-state index in [2.05, 4.69) is 40.9 Å². The highest BCUT2D eigenvalue weighted by atomic mass is 32.2. The lowest BCUT2D eigenvalue weighted by Gasteiger charge is -2.06. The largest absolute Gasteiger partial charge is 0.331 e. The van der Waals surface area contributed by atoms with Crippen molar-refractivity contribution in [1.82, 2.24) is 9.55 Å². The van der Waals surface area contributed by atoms with Crippen molar-refractivity contribution >= 4 is 35.0 Å². The van der Waals surface area contributed by atoms with Crippen molar-refractivity contribution in [1.29, 1.82) is 0 Å². The van der Waals surface area contributed by atoms with Gasteiger partial charge < -0.3 is 9.55 Å². The third-order valence-electron chi connectivity index (χ3n) is 3.47. The van der Waals surface area contributed by atoms with Gasteiger partial charge in [0.2, 0.25) is 0 Å². The number of hydrogen-bond acceptors (Lipinski definition) is 2. The van der Waals surface area contributed by atoms with E-state index in [1.54, 1.807) is 0 Å². The summed E-state index contributed by atoms with van der Waals surface area (Å²) in [5, 5.41) is 0. The van der Waals surface area contributed by atoms with Gasteiger partial charge >= 0.3 is 0 Å². The molecule has 0 atom stereocenters. The molecule has 0 saturated heterocycles. The molecule has 0 aliphatic carbocycles. The second-order valence-corrected chi connectivity index (χ2v) is 6.33. The molecular formula is C15H22N2S2. The Kier molecular flexibility index (Phi) is 5.52. The number of thioether (sulfide) groups is 1. The lowest BCUT2D eigenvalue weighted by Crippen LogP contribution is -1.99. The molecule has 104 valence electrons. The van der Waals surface area contributed by atoms with Crippen molar-refractivity contribution in [2.24, 2.45) is 0 Å². The molecule has 1 aromatic carbocycles. The number of nitrogens with zero attached hydrogens (tertiary/aromatic N) is 1. The topological polar surface area (TPSA) is 20.7 Å². The third kappa shape index (κ3) is 3.63. The van der Waals surface area contributed by atoms with Crippen molar-refractivity contribution in [2.45, 2.75) is 39.2 Å².